The first kappa shape index (κ1) is 14.0. The Hall–Kier alpha value is -1.40. The van der Waals surface area contributed by atoms with Gasteiger partial charge in [0, 0.05) is 38.6 Å². The highest BCUT2D eigenvalue weighted by Crippen LogP contribution is 2.28. The van der Waals surface area contributed by atoms with Gasteiger partial charge in [0.1, 0.15) is 0 Å². The van der Waals surface area contributed by atoms with Gasteiger partial charge in [-0.2, -0.15) is 0 Å². The van der Waals surface area contributed by atoms with Crippen LogP contribution in [0, 0.1) is 24.0 Å². The second-order valence-corrected chi connectivity index (χ2v) is 6.42. The number of halogens is 1. The molecule has 2 rings (SSSR count). The molecule has 19 heavy (non-hydrogen) atoms. The Morgan fingerprint density at radius 1 is 1.37 bits per heavy atom. The van der Waals surface area contributed by atoms with E-state index in [1.165, 1.54) is 15.8 Å². The summed E-state index contributed by atoms with van der Waals surface area (Å²) in [6.07, 6.45) is 0. The van der Waals surface area contributed by atoms with E-state index in [9.17, 15) is 10.1 Å². The van der Waals surface area contributed by atoms with E-state index in [0.717, 1.165) is 15.7 Å². The molecule has 0 radical (unpaired) electrons. The molecule has 0 aliphatic carbocycles. The predicted molar refractivity (Wildman–Crippen MR) is 81.9 cm³/mol. The van der Waals surface area contributed by atoms with Crippen LogP contribution in [0.15, 0.2) is 28.7 Å². The number of thiophene rings is 1. The lowest BCUT2D eigenvalue weighted by molar-refractivity contribution is -0.384. The zero-order valence-corrected chi connectivity index (χ0v) is 13.0. The number of rotatable bonds is 4. The molecule has 0 amide bonds. The van der Waals surface area contributed by atoms with E-state index in [-0.39, 0.29) is 10.6 Å². The van der Waals surface area contributed by atoms with Gasteiger partial charge in [-0.3, -0.25) is 10.1 Å². The van der Waals surface area contributed by atoms with E-state index in [1.807, 2.05) is 6.92 Å². The first-order valence-electron chi connectivity index (χ1n) is 5.71. The van der Waals surface area contributed by atoms with Crippen molar-refractivity contribution in [3.8, 4) is 0 Å². The highest BCUT2D eigenvalue weighted by Gasteiger charge is 2.09. The van der Waals surface area contributed by atoms with E-state index >= 15 is 0 Å². The average Bonchev–Trinajstić information content (AvgIpc) is 2.67. The van der Waals surface area contributed by atoms with Crippen LogP contribution in [-0.4, -0.2) is 4.92 Å². The van der Waals surface area contributed by atoms with Crippen molar-refractivity contribution in [2.45, 2.75) is 20.4 Å². The van der Waals surface area contributed by atoms with Crippen LogP contribution < -0.4 is 5.32 Å². The number of aryl methyl sites for hydroxylation is 2. The standard InChI is InChI=1S/C13H13BrN2O2S/c1-8-3-4-10(16(17)18)5-13(8)15-7-11-6-12(14)9(2)19-11/h3-6,15H,7H2,1-2H3. The molecule has 0 fully saturated rings. The number of non-ortho nitro benzene ring substituents is 1. The van der Waals surface area contributed by atoms with Gasteiger partial charge in [0.15, 0.2) is 0 Å². The SMILES string of the molecule is Cc1ccc([N+](=O)[O-])cc1NCc1cc(Br)c(C)s1. The van der Waals surface area contributed by atoms with Crippen molar-refractivity contribution in [1.29, 1.82) is 0 Å². The van der Waals surface area contributed by atoms with Crippen LogP contribution in [0.5, 0.6) is 0 Å². The van der Waals surface area contributed by atoms with Gasteiger partial charge in [-0.1, -0.05) is 6.07 Å². The lowest BCUT2D eigenvalue weighted by Gasteiger charge is -2.08. The number of benzene rings is 1. The summed E-state index contributed by atoms with van der Waals surface area (Å²) in [5.41, 5.74) is 1.91. The number of anilines is 1. The summed E-state index contributed by atoms with van der Waals surface area (Å²) in [5.74, 6) is 0. The van der Waals surface area contributed by atoms with Crippen molar-refractivity contribution in [1.82, 2.24) is 0 Å². The maximum absolute atomic E-state index is 10.8. The van der Waals surface area contributed by atoms with Crippen LogP contribution in [0.4, 0.5) is 11.4 Å². The van der Waals surface area contributed by atoms with E-state index in [2.05, 4.69) is 34.2 Å². The molecule has 6 heteroatoms. The van der Waals surface area contributed by atoms with Crippen molar-refractivity contribution < 1.29 is 4.92 Å². The molecular formula is C13H13BrN2O2S. The fraction of sp³-hybridized carbons (Fsp3) is 0.231. The van der Waals surface area contributed by atoms with Crippen molar-refractivity contribution in [2.24, 2.45) is 0 Å². The second kappa shape index (κ2) is 5.71. The Bertz CT molecular complexity index is 606. The molecule has 0 spiro atoms. The molecule has 4 nitrogen and oxygen atoms in total. The molecule has 0 aliphatic rings. The monoisotopic (exact) mass is 340 g/mol. The molecule has 1 heterocycles. The van der Waals surface area contributed by atoms with Crippen molar-refractivity contribution in [3.63, 3.8) is 0 Å². The van der Waals surface area contributed by atoms with Crippen LogP contribution in [0.2, 0.25) is 0 Å². The van der Waals surface area contributed by atoms with E-state index in [4.69, 9.17) is 0 Å². The second-order valence-electron chi connectivity index (χ2n) is 4.23. The minimum Gasteiger partial charge on any atom is -0.380 e. The number of nitrogens with zero attached hydrogens (tertiary/aromatic N) is 1. The van der Waals surface area contributed by atoms with Gasteiger partial charge < -0.3 is 5.32 Å². The smallest absolute Gasteiger partial charge is 0.271 e. The first-order chi connectivity index (χ1) is 8.97. The molecule has 0 bridgehead atoms. The van der Waals surface area contributed by atoms with Gasteiger partial charge in [-0.25, -0.2) is 0 Å². The molecule has 1 aromatic carbocycles. The van der Waals surface area contributed by atoms with E-state index in [0.29, 0.717) is 6.54 Å². The van der Waals surface area contributed by atoms with Gasteiger partial charge in [0.25, 0.3) is 5.69 Å². The molecular weight excluding hydrogens is 328 g/mol. The van der Waals surface area contributed by atoms with Gasteiger partial charge in [0.05, 0.1) is 4.92 Å². The van der Waals surface area contributed by atoms with E-state index in [1.54, 1.807) is 23.5 Å². The fourth-order valence-corrected chi connectivity index (χ4v) is 3.24. The molecule has 0 unspecified atom stereocenters. The average molecular weight is 341 g/mol. The summed E-state index contributed by atoms with van der Waals surface area (Å²) in [4.78, 5) is 12.8. The first-order valence-corrected chi connectivity index (χ1v) is 7.32. The molecule has 0 saturated heterocycles. The molecule has 0 atom stereocenters. The van der Waals surface area contributed by atoms with Crippen LogP contribution in [0.1, 0.15) is 15.3 Å². The highest BCUT2D eigenvalue weighted by atomic mass is 79.9. The largest absolute Gasteiger partial charge is 0.380 e. The number of nitro benzene ring substituents is 1. The van der Waals surface area contributed by atoms with Gasteiger partial charge in [-0.15, -0.1) is 11.3 Å². The zero-order chi connectivity index (χ0) is 14.0. The van der Waals surface area contributed by atoms with Gasteiger partial charge in [-0.05, 0) is 41.4 Å². The third kappa shape index (κ3) is 3.33. The number of nitro groups is 1. The maximum Gasteiger partial charge on any atom is 0.271 e. The number of hydrogen-bond acceptors (Lipinski definition) is 4. The van der Waals surface area contributed by atoms with Gasteiger partial charge in [0.2, 0.25) is 0 Å². The van der Waals surface area contributed by atoms with Crippen LogP contribution in [0.25, 0.3) is 0 Å². The lowest BCUT2D eigenvalue weighted by Crippen LogP contribution is -2.00. The Morgan fingerprint density at radius 3 is 2.68 bits per heavy atom. The van der Waals surface area contributed by atoms with Crippen LogP contribution >= 0.6 is 27.3 Å². The summed E-state index contributed by atoms with van der Waals surface area (Å²) in [6, 6.07) is 6.92. The minimum atomic E-state index is -0.378. The highest BCUT2D eigenvalue weighted by molar-refractivity contribution is 9.10. The normalized spacial score (nSPS) is 10.5. The quantitative estimate of drug-likeness (QED) is 0.651. The topological polar surface area (TPSA) is 55.2 Å². The maximum atomic E-state index is 10.8. The summed E-state index contributed by atoms with van der Waals surface area (Å²) in [7, 11) is 0. The van der Waals surface area contributed by atoms with Crippen LogP contribution in [-0.2, 0) is 6.54 Å². The Morgan fingerprint density at radius 2 is 2.11 bits per heavy atom. The molecule has 1 aromatic heterocycles. The fourth-order valence-electron chi connectivity index (χ4n) is 1.70. The molecule has 100 valence electrons. The van der Waals surface area contributed by atoms with Crippen molar-refractivity contribution in [2.75, 3.05) is 5.32 Å². The minimum absolute atomic E-state index is 0.108. The van der Waals surface area contributed by atoms with Crippen molar-refractivity contribution in [3.05, 3.63) is 54.2 Å². The van der Waals surface area contributed by atoms with Gasteiger partial charge >= 0.3 is 0 Å². The summed E-state index contributed by atoms with van der Waals surface area (Å²) < 4.78 is 1.10. The van der Waals surface area contributed by atoms with E-state index < -0.39 is 0 Å². The third-order valence-corrected chi connectivity index (χ3v) is 4.93. The number of nitrogens with one attached hydrogen (secondary N) is 1. The zero-order valence-electron chi connectivity index (χ0n) is 10.6. The Balaban J connectivity index is 2.14. The molecule has 0 saturated carbocycles. The Labute approximate surface area is 123 Å². The molecule has 2 aromatic rings. The Kier molecular flexibility index (Phi) is 4.21. The molecule has 0 aliphatic heterocycles. The molecule has 1 N–H and O–H groups in total. The predicted octanol–water partition coefficient (Wildman–Crippen LogP) is 4.65. The number of hydrogen-bond donors (Lipinski definition) is 1. The summed E-state index contributed by atoms with van der Waals surface area (Å²) >= 11 is 5.19. The van der Waals surface area contributed by atoms with Crippen molar-refractivity contribution >= 4 is 38.6 Å². The lowest BCUT2D eigenvalue weighted by atomic mass is 10.2. The van der Waals surface area contributed by atoms with Crippen LogP contribution in [0.3, 0.4) is 0 Å². The third-order valence-electron chi connectivity index (χ3n) is 2.79. The summed E-state index contributed by atoms with van der Waals surface area (Å²) in [5, 5.41) is 14.0. The summed E-state index contributed by atoms with van der Waals surface area (Å²) in [6.45, 7) is 4.65.